The number of benzene rings is 6. The summed E-state index contributed by atoms with van der Waals surface area (Å²) in [6, 6.07) is 42.8. The van der Waals surface area contributed by atoms with Crippen LogP contribution in [0.5, 0.6) is 28.7 Å². The maximum absolute atomic E-state index is 12.8. The molecular weight excluding hydrogens is 1880 g/mol. The summed E-state index contributed by atoms with van der Waals surface area (Å²) in [5, 5.41) is 2.19. The standard InChI is InChI=1S/C19H14N2O3S.C17H16N2O4S2.C17H16N2O3S3.C17H14N2O3.2C17H16N2O2/c1-3-10-23-16-6-4-14(11-13(16)2)5-7-18(22)21-15-8-9-20-12-17(15)24-19(21)25;1-11-8-13(9-15(23-3)12(11)2)5-7-25(21,22)19-14-4-6-18-10-16(14)24-17(19)20;1-11-8-13(9-15(22-3)12(11)2)5-7-25(20,21)19-14-10-18-6-4-16(14)24-17(19)23;1-11-5-6-13(10-12(11)2)7-8-15(20)19-14-4-3-9-18-16(14)22-17(19)21;2*1-12-3-4-14(9-13(12)2)5-6-17(20)19-11-21-16-10-18-8-7-15(16)19/h1,4-9,11-12H,10H2,2H3;2*4-10H,1-3H3;3-10H,1-2H3;2*3-10H,11H2,1-2H3/b3*7-5+;8-7+;2*6-5+. The van der Waals surface area contributed by atoms with Crippen molar-refractivity contribution in [3.8, 4) is 41.1 Å². The molecule has 0 radical (unpaired) electrons. The number of oxazole rings is 2. The van der Waals surface area contributed by atoms with Gasteiger partial charge in [-0.05, 0) is 298 Å². The highest BCUT2D eigenvalue weighted by Gasteiger charge is 2.27. The van der Waals surface area contributed by atoms with Crippen LogP contribution in [0.1, 0.15) is 104 Å². The molecule has 29 nitrogen and oxygen atoms in total. The molecule has 2 amide bonds. The Morgan fingerprint density at radius 2 is 0.892 bits per heavy atom. The molecule has 0 saturated carbocycles. The molecule has 139 heavy (non-hydrogen) atoms. The van der Waals surface area contributed by atoms with E-state index in [1.54, 1.807) is 140 Å². The van der Waals surface area contributed by atoms with Crippen LogP contribution in [0, 0.1) is 97.3 Å². The number of hydrogen-bond donors (Lipinski definition) is 0. The summed E-state index contributed by atoms with van der Waals surface area (Å²) in [6.07, 6.45) is 38.4. The molecule has 10 aromatic heterocycles. The van der Waals surface area contributed by atoms with Crippen molar-refractivity contribution < 1.29 is 68.5 Å². The molecule has 706 valence electrons. The normalized spacial score (nSPS) is 12.1. The van der Waals surface area contributed by atoms with Crippen LogP contribution in [-0.2, 0) is 29.6 Å². The summed E-state index contributed by atoms with van der Waals surface area (Å²) in [5.74, 6) is 4.15. The molecule has 0 atom stereocenters. The number of allylic oxidation sites excluding steroid dienone is 2. The predicted octanol–water partition coefficient (Wildman–Crippen LogP) is 20.4. The molecule has 16 aromatic rings. The number of nitrogens with zero attached hydrogens (tertiary/aromatic N) is 12. The molecule has 18 rings (SSSR count). The molecule has 2 aliphatic rings. The third-order valence-electron chi connectivity index (χ3n) is 22.1. The number of carbonyl (C=O) groups is 4. The number of methoxy groups -OCH3 is 2. The lowest BCUT2D eigenvalue weighted by Gasteiger charge is -2.11. The smallest absolute Gasteiger partial charge is 0.428 e. The van der Waals surface area contributed by atoms with Gasteiger partial charge in [-0.25, -0.2) is 39.7 Å². The highest BCUT2D eigenvalue weighted by Crippen LogP contribution is 2.36. The Hall–Kier alpha value is -15.8. The Kier molecular flexibility index (Phi) is 32.7. The number of thiazole rings is 2. The molecular formula is C104H92N12O17S6. The molecule has 12 heterocycles. The minimum absolute atomic E-state index is 0.0897. The van der Waals surface area contributed by atoms with Gasteiger partial charge in [0.2, 0.25) is 5.71 Å². The molecule has 0 bridgehead atoms. The summed E-state index contributed by atoms with van der Waals surface area (Å²) >= 11 is 12.4. The summed E-state index contributed by atoms with van der Waals surface area (Å²) in [5.41, 5.74) is 21.3. The van der Waals surface area contributed by atoms with Gasteiger partial charge in [0.05, 0.1) is 87.1 Å². The number of amides is 2. The minimum Gasteiger partial charge on any atom is -0.496 e. The van der Waals surface area contributed by atoms with Crippen LogP contribution < -0.4 is 44.1 Å². The monoisotopic (exact) mass is 1970 g/mol. The van der Waals surface area contributed by atoms with E-state index in [4.69, 9.17) is 63.4 Å². The van der Waals surface area contributed by atoms with E-state index in [-0.39, 0.29) is 52.3 Å². The zero-order valence-corrected chi connectivity index (χ0v) is 82.4. The molecule has 0 N–H and O–H groups in total. The van der Waals surface area contributed by atoms with Gasteiger partial charge in [-0.1, -0.05) is 90.1 Å². The SMILES string of the molecule is C#CCOc1ccc(/C=C/C(=O)n2c(=S)oc3cnccc32)cc1C.COc1cc(/C=C/S(=O)(=O)n2c(=O)sc3cnccc32)cc(C)c1C.COc1cc(/C=C/S(=O)(=O)n2c(=S)sc3ccncc32)cc(C)c1C.Cc1ccc(/C=C/C(=O)N2COc3cnccc32)cc1C.Cc1ccc(/C=C/C(=O)N2COc3cnccc32)cc1C.Cc1ccc(/C=C/C(=O)n2c(=O)oc3ncccc32)cc1C. The third-order valence-corrected chi connectivity index (χ3v) is 27.7. The van der Waals surface area contributed by atoms with E-state index < -0.39 is 36.6 Å². The summed E-state index contributed by atoms with van der Waals surface area (Å²) in [7, 11) is -4.54. The third kappa shape index (κ3) is 24.5. The van der Waals surface area contributed by atoms with Crippen LogP contribution in [0.2, 0.25) is 0 Å². The Morgan fingerprint density at radius 1 is 0.439 bits per heavy atom. The molecule has 0 fully saturated rings. The second kappa shape index (κ2) is 45.2. The Bertz CT molecular complexity index is 7880. The lowest BCUT2D eigenvalue weighted by molar-refractivity contribution is -0.115. The van der Waals surface area contributed by atoms with Crippen LogP contribution >= 0.6 is 47.1 Å². The summed E-state index contributed by atoms with van der Waals surface area (Å²) in [6.45, 7) is 22.7. The summed E-state index contributed by atoms with van der Waals surface area (Å²) < 4.78 is 93.9. The van der Waals surface area contributed by atoms with E-state index in [2.05, 4.69) is 87.8 Å². The van der Waals surface area contributed by atoms with Crippen molar-refractivity contribution >= 4 is 181 Å². The van der Waals surface area contributed by atoms with Crippen LogP contribution in [0.4, 0.5) is 11.4 Å². The van der Waals surface area contributed by atoms with Crippen molar-refractivity contribution in [2.24, 2.45) is 0 Å². The average Bonchev–Trinajstić information content (AvgIpc) is 1.63. The van der Waals surface area contributed by atoms with Crippen molar-refractivity contribution in [2.45, 2.75) is 76.2 Å². The van der Waals surface area contributed by atoms with Gasteiger partial charge in [0, 0.05) is 67.7 Å². The number of fused-ring (bicyclic) bond motifs is 6. The minimum atomic E-state index is -3.95. The van der Waals surface area contributed by atoms with Crippen molar-refractivity contribution in [3.63, 3.8) is 0 Å². The molecule has 0 spiro atoms. The number of rotatable bonds is 18. The van der Waals surface area contributed by atoms with E-state index in [1.165, 1.54) is 99.0 Å². The predicted molar refractivity (Wildman–Crippen MR) is 550 cm³/mol. The van der Waals surface area contributed by atoms with E-state index in [0.717, 1.165) is 123 Å². The molecule has 0 unspecified atom stereocenters. The number of carbonyl (C=O) groups excluding carboxylic acids is 4. The zero-order chi connectivity index (χ0) is 99.5. The van der Waals surface area contributed by atoms with Gasteiger partial charge in [-0.15, -0.1) is 17.8 Å². The first-order chi connectivity index (χ1) is 66.6. The Morgan fingerprint density at radius 3 is 1.40 bits per heavy atom. The van der Waals surface area contributed by atoms with Gasteiger partial charge in [-0.2, -0.15) is 3.97 Å². The lowest BCUT2D eigenvalue weighted by atomic mass is 10.1. The molecule has 2 aliphatic heterocycles. The van der Waals surface area contributed by atoms with Crippen molar-refractivity contribution in [2.75, 3.05) is 44.1 Å². The van der Waals surface area contributed by atoms with Gasteiger partial charge in [-0.3, -0.25) is 58.7 Å². The Balaban J connectivity index is 0.000000141. The fourth-order valence-corrected chi connectivity index (χ4v) is 19.5. The number of hydrogen-bond acceptors (Lipinski definition) is 27. The Labute approximate surface area is 818 Å². The van der Waals surface area contributed by atoms with E-state index in [0.29, 0.717) is 55.2 Å². The quantitative estimate of drug-likeness (QED) is 0.0437. The number of terminal acetylenes is 1. The second-order valence-electron chi connectivity index (χ2n) is 31.4. The van der Waals surface area contributed by atoms with Crippen molar-refractivity contribution in [1.82, 2.24) is 47.0 Å². The van der Waals surface area contributed by atoms with Crippen LogP contribution in [0.3, 0.4) is 0 Å². The molecule has 6 aromatic carbocycles. The number of aryl methyl sites for hydroxylation is 9. The van der Waals surface area contributed by atoms with Crippen LogP contribution in [0.15, 0.2) is 261 Å². The molecule has 0 saturated heterocycles. The van der Waals surface area contributed by atoms with Gasteiger partial charge in [0.15, 0.2) is 34.5 Å². The fourth-order valence-electron chi connectivity index (χ4n) is 14.0. The van der Waals surface area contributed by atoms with Crippen molar-refractivity contribution in [3.05, 3.63) is 366 Å². The fraction of sp³-hybridized carbons (Fsp3) is 0.154. The first-order valence-corrected chi connectivity index (χ1v) is 48.1. The number of pyridine rings is 6. The second-order valence-corrected chi connectivity index (χ2v) is 37.7. The van der Waals surface area contributed by atoms with Gasteiger partial charge in [0.1, 0.15) is 29.4 Å². The molecule has 35 heteroatoms. The lowest BCUT2D eigenvalue weighted by Crippen LogP contribution is -2.28. The molecule has 0 aliphatic carbocycles. The van der Waals surface area contributed by atoms with Gasteiger partial charge < -0.3 is 32.5 Å². The summed E-state index contributed by atoms with van der Waals surface area (Å²) in [4.78, 5) is 99.6. The largest absolute Gasteiger partial charge is 0.496 e. The topological polar surface area (TPSA) is 347 Å². The van der Waals surface area contributed by atoms with Crippen LogP contribution in [0.25, 0.3) is 79.2 Å². The van der Waals surface area contributed by atoms with Crippen LogP contribution in [-0.4, -0.2) is 122 Å². The zero-order valence-electron chi connectivity index (χ0n) is 77.5. The highest BCUT2D eigenvalue weighted by atomic mass is 32.2. The van der Waals surface area contributed by atoms with E-state index in [1.807, 2.05) is 121 Å². The number of aromatic nitrogens is 10. The highest BCUT2D eigenvalue weighted by molar-refractivity contribution is 7.93. The number of ether oxygens (including phenoxy) is 5. The maximum Gasteiger partial charge on any atom is 0.428 e. The van der Waals surface area contributed by atoms with E-state index >= 15 is 0 Å². The average molecular weight is 1970 g/mol. The number of anilines is 2. The van der Waals surface area contributed by atoms with Gasteiger partial charge >= 0.3 is 10.6 Å². The first kappa shape index (κ1) is 101. The van der Waals surface area contributed by atoms with Gasteiger partial charge in [0.25, 0.3) is 48.5 Å². The maximum atomic E-state index is 12.8. The first-order valence-electron chi connectivity index (χ1n) is 42.6. The van der Waals surface area contributed by atoms with Crippen molar-refractivity contribution in [1.29, 1.82) is 0 Å². The van der Waals surface area contributed by atoms with E-state index in [9.17, 15) is 45.6 Å².